The van der Waals surface area contributed by atoms with Crippen LogP contribution < -0.4 is 9.47 Å². The molecule has 1 aromatic rings. The second kappa shape index (κ2) is 27.3. The molecular weight excluding hydrogens is 760 g/mol. The minimum Gasteiger partial charge on any atom is -0.493 e. The van der Waals surface area contributed by atoms with E-state index in [-0.39, 0.29) is 0 Å². The lowest BCUT2D eigenvalue weighted by molar-refractivity contribution is 0.289. The maximum atomic E-state index is 6.52. The predicted molar refractivity (Wildman–Crippen MR) is 192 cm³/mol. The number of alkyl halides is 4. The van der Waals surface area contributed by atoms with Gasteiger partial charge in [0.05, 0.1) is 13.2 Å². The Morgan fingerprint density at radius 1 is 0.350 bits per heavy atom. The topological polar surface area (TPSA) is 18.5 Å². The maximum absolute atomic E-state index is 6.52. The normalized spacial score (nSPS) is 11.3. The van der Waals surface area contributed by atoms with Crippen molar-refractivity contribution in [3.05, 3.63) is 22.3 Å². The summed E-state index contributed by atoms with van der Waals surface area (Å²) in [5.41, 5.74) is 4.89. The highest BCUT2D eigenvalue weighted by Gasteiger charge is 2.24. The highest BCUT2D eigenvalue weighted by molar-refractivity contribution is 9.09. The third-order valence-electron chi connectivity index (χ3n) is 7.85. The smallest absolute Gasteiger partial charge is 0.128 e. The standard InChI is InChI=1S/C34H58Br4O2/c1-3-5-7-9-11-13-15-17-19-21-23-39-33-29(25-35)31(27-37)34(32(28-38)30(33)26-36)40-24-22-20-18-16-14-12-10-8-6-4-2/h3-28H2,1-2H3. The fraction of sp³-hybridized carbons (Fsp3) is 0.824. The molecule has 40 heavy (non-hydrogen) atoms. The third-order valence-corrected chi connectivity index (χ3v) is 10.1. The van der Waals surface area contributed by atoms with Crippen molar-refractivity contribution in [2.45, 2.75) is 164 Å². The molecule has 0 saturated carbocycles. The van der Waals surface area contributed by atoms with E-state index in [0.29, 0.717) is 0 Å². The molecule has 0 spiro atoms. The Hall–Kier alpha value is 0.740. The fourth-order valence-corrected chi connectivity index (χ4v) is 7.73. The van der Waals surface area contributed by atoms with Crippen molar-refractivity contribution in [1.29, 1.82) is 0 Å². The number of benzene rings is 1. The van der Waals surface area contributed by atoms with Crippen LogP contribution in [0, 0.1) is 0 Å². The zero-order chi connectivity index (χ0) is 29.3. The molecule has 1 rings (SSSR count). The molecule has 234 valence electrons. The van der Waals surface area contributed by atoms with Crippen LogP contribution in [0.3, 0.4) is 0 Å². The minimum atomic E-state index is 0.762. The Morgan fingerprint density at radius 3 is 0.800 bits per heavy atom. The molecule has 0 aliphatic carbocycles. The van der Waals surface area contributed by atoms with E-state index in [1.807, 2.05) is 0 Å². The van der Waals surface area contributed by atoms with Crippen molar-refractivity contribution in [1.82, 2.24) is 0 Å². The number of ether oxygens (including phenoxy) is 2. The van der Waals surface area contributed by atoms with Gasteiger partial charge in [0.1, 0.15) is 11.5 Å². The first-order chi connectivity index (χ1) is 19.7. The summed E-state index contributed by atoms with van der Waals surface area (Å²) in [6, 6.07) is 0. The molecular formula is C34H58Br4O2. The van der Waals surface area contributed by atoms with Crippen molar-refractivity contribution in [2.24, 2.45) is 0 Å². The van der Waals surface area contributed by atoms with Gasteiger partial charge in [0, 0.05) is 43.6 Å². The summed E-state index contributed by atoms with van der Waals surface area (Å²) in [4.78, 5) is 0. The van der Waals surface area contributed by atoms with Gasteiger partial charge in [0.15, 0.2) is 0 Å². The Labute approximate surface area is 281 Å². The highest BCUT2D eigenvalue weighted by atomic mass is 79.9. The second-order valence-electron chi connectivity index (χ2n) is 11.2. The second-order valence-corrected chi connectivity index (χ2v) is 13.4. The van der Waals surface area contributed by atoms with Crippen LogP contribution in [0.15, 0.2) is 0 Å². The number of halogens is 4. The fourth-order valence-electron chi connectivity index (χ4n) is 5.35. The first kappa shape index (κ1) is 38.8. The lowest BCUT2D eigenvalue weighted by Gasteiger charge is -2.24. The summed E-state index contributed by atoms with van der Waals surface area (Å²) < 4.78 is 13.0. The lowest BCUT2D eigenvalue weighted by atomic mass is 9.98. The zero-order valence-corrected chi connectivity index (χ0v) is 32.1. The van der Waals surface area contributed by atoms with Crippen LogP contribution in [-0.4, -0.2) is 13.2 Å². The van der Waals surface area contributed by atoms with Crippen LogP contribution in [0.2, 0.25) is 0 Å². The lowest BCUT2D eigenvalue weighted by Crippen LogP contribution is -2.11. The molecule has 0 radical (unpaired) electrons. The Kier molecular flexibility index (Phi) is 26.5. The van der Waals surface area contributed by atoms with Crippen LogP contribution >= 0.6 is 63.7 Å². The van der Waals surface area contributed by atoms with Crippen molar-refractivity contribution in [3.63, 3.8) is 0 Å². The van der Waals surface area contributed by atoms with Crippen LogP contribution in [0.4, 0.5) is 0 Å². The SMILES string of the molecule is CCCCCCCCCCCCOc1c(CBr)c(CBr)c(OCCCCCCCCCCCC)c(CBr)c1CBr. The van der Waals surface area contributed by atoms with E-state index in [2.05, 4.69) is 77.6 Å². The van der Waals surface area contributed by atoms with Gasteiger partial charge in [-0.25, -0.2) is 0 Å². The first-order valence-corrected chi connectivity index (χ1v) is 20.9. The third kappa shape index (κ3) is 16.0. The van der Waals surface area contributed by atoms with Crippen molar-refractivity contribution < 1.29 is 9.47 Å². The number of unbranched alkanes of at least 4 members (excludes halogenated alkanes) is 18. The van der Waals surface area contributed by atoms with Crippen molar-refractivity contribution in [2.75, 3.05) is 13.2 Å². The predicted octanol–water partition coefficient (Wildman–Crippen LogP) is 13.9. The Morgan fingerprint density at radius 2 is 0.575 bits per heavy atom. The highest BCUT2D eigenvalue weighted by Crippen LogP contribution is 2.43. The van der Waals surface area contributed by atoms with E-state index in [4.69, 9.17) is 9.47 Å². The van der Waals surface area contributed by atoms with Gasteiger partial charge in [-0.05, 0) is 12.8 Å². The van der Waals surface area contributed by atoms with Gasteiger partial charge in [-0.15, -0.1) is 0 Å². The quantitative estimate of drug-likeness (QED) is 0.0619. The van der Waals surface area contributed by atoms with Crippen LogP contribution in [0.1, 0.15) is 165 Å². The molecule has 6 heteroatoms. The summed E-state index contributed by atoms with van der Waals surface area (Å²) in [6.45, 7) is 6.12. The minimum absolute atomic E-state index is 0.762. The van der Waals surface area contributed by atoms with Crippen LogP contribution in [0.25, 0.3) is 0 Å². The van der Waals surface area contributed by atoms with E-state index in [9.17, 15) is 0 Å². The summed E-state index contributed by atoms with van der Waals surface area (Å²) >= 11 is 15.1. The maximum Gasteiger partial charge on any atom is 0.128 e. The summed E-state index contributed by atoms with van der Waals surface area (Å²) in [5.74, 6) is 2.08. The molecule has 0 amide bonds. The zero-order valence-electron chi connectivity index (χ0n) is 25.7. The van der Waals surface area contributed by atoms with Gasteiger partial charge in [0.2, 0.25) is 0 Å². The molecule has 0 unspecified atom stereocenters. The molecule has 1 aromatic carbocycles. The van der Waals surface area contributed by atoms with Crippen molar-refractivity contribution in [3.8, 4) is 11.5 Å². The van der Waals surface area contributed by atoms with Gasteiger partial charge < -0.3 is 9.47 Å². The van der Waals surface area contributed by atoms with E-state index in [1.165, 1.54) is 138 Å². The molecule has 0 bridgehead atoms. The molecule has 2 nitrogen and oxygen atoms in total. The Bertz CT molecular complexity index is 647. The molecule has 0 aliphatic rings. The molecule has 0 atom stereocenters. The van der Waals surface area contributed by atoms with E-state index >= 15 is 0 Å². The van der Waals surface area contributed by atoms with E-state index < -0.39 is 0 Å². The largest absolute Gasteiger partial charge is 0.493 e. The van der Waals surface area contributed by atoms with Gasteiger partial charge in [-0.1, -0.05) is 193 Å². The number of hydrogen-bond donors (Lipinski definition) is 0. The average molecular weight is 818 g/mol. The van der Waals surface area contributed by atoms with Gasteiger partial charge in [-0.3, -0.25) is 0 Å². The van der Waals surface area contributed by atoms with E-state index in [1.54, 1.807) is 0 Å². The van der Waals surface area contributed by atoms with Crippen molar-refractivity contribution >= 4 is 63.7 Å². The average Bonchev–Trinajstić information content (AvgIpc) is 2.97. The summed E-state index contributed by atoms with van der Waals surface area (Å²) in [5, 5.41) is 3.05. The van der Waals surface area contributed by atoms with Gasteiger partial charge >= 0.3 is 0 Å². The molecule has 0 aromatic heterocycles. The van der Waals surface area contributed by atoms with E-state index in [0.717, 1.165) is 58.9 Å². The Balaban J connectivity index is 2.59. The summed E-state index contributed by atoms with van der Waals surface area (Å²) in [6.07, 6.45) is 26.7. The molecule has 0 heterocycles. The van der Waals surface area contributed by atoms with Crippen LogP contribution in [0.5, 0.6) is 11.5 Å². The number of hydrogen-bond acceptors (Lipinski definition) is 2. The van der Waals surface area contributed by atoms with Gasteiger partial charge in [0.25, 0.3) is 0 Å². The van der Waals surface area contributed by atoms with Crippen LogP contribution in [-0.2, 0) is 21.3 Å². The monoisotopic (exact) mass is 814 g/mol. The molecule has 0 saturated heterocycles. The molecule has 0 N–H and O–H groups in total. The molecule has 0 fully saturated rings. The number of rotatable bonds is 28. The van der Waals surface area contributed by atoms with Gasteiger partial charge in [-0.2, -0.15) is 0 Å². The first-order valence-electron chi connectivity index (χ1n) is 16.4. The molecule has 0 aliphatic heterocycles. The summed E-state index contributed by atoms with van der Waals surface area (Å²) in [7, 11) is 0.